The van der Waals surface area contributed by atoms with E-state index >= 15 is 0 Å². The molecule has 0 nitrogen and oxygen atoms in total. The van der Waals surface area contributed by atoms with E-state index in [1.54, 1.807) is 0 Å². The van der Waals surface area contributed by atoms with Crippen LogP contribution < -0.4 is 0 Å². The van der Waals surface area contributed by atoms with Crippen LogP contribution in [0, 0.1) is 47.1 Å². The number of benzene rings is 1. The number of alkyl halides is 2. The highest BCUT2D eigenvalue weighted by atomic mass is 19.3. The zero-order chi connectivity index (χ0) is 23.4. The molecule has 3 aliphatic carbocycles. The smallest absolute Gasteiger partial charge is 0.206 e. The first-order valence-electron chi connectivity index (χ1n) is 13.7. The molecule has 0 N–H and O–H groups in total. The summed E-state index contributed by atoms with van der Waals surface area (Å²) >= 11 is 0. The van der Waals surface area contributed by atoms with E-state index in [-0.39, 0.29) is 5.56 Å². The summed E-state index contributed by atoms with van der Waals surface area (Å²) in [7, 11) is 0. The van der Waals surface area contributed by atoms with Crippen LogP contribution >= 0.6 is 0 Å². The average Bonchev–Trinajstić information content (AvgIpc) is 2.82. The Balaban J connectivity index is 1.20. The summed E-state index contributed by atoms with van der Waals surface area (Å²) < 4.78 is 56.4. The fourth-order valence-corrected chi connectivity index (χ4v) is 7.52. The topological polar surface area (TPSA) is 0 Å². The minimum absolute atomic E-state index is 0.183. The Hall–Kier alpha value is -1.06. The second-order valence-corrected chi connectivity index (χ2v) is 11.5. The van der Waals surface area contributed by atoms with Crippen molar-refractivity contribution in [3.63, 3.8) is 0 Å². The Bertz CT molecular complexity index is 736. The van der Waals surface area contributed by atoms with Gasteiger partial charge in [-0.1, -0.05) is 38.7 Å². The molecule has 4 rings (SSSR count). The monoisotopic (exact) mass is 466 g/mol. The lowest BCUT2D eigenvalue weighted by atomic mass is 9.64. The van der Waals surface area contributed by atoms with Crippen LogP contribution in [0.2, 0.25) is 0 Å². The quantitative estimate of drug-likeness (QED) is 0.351. The van der Waals surface area contributed by atoms with Crippen molar-refractivity contribution < 1.29 is 17.6 Å². The predicted molar refractivity (Wildman–Crippen MR) is 126 cm³/mol. The van der Waals surface area contributed by atoms with E-state index in [0.717, 1.165) is 48.6 Å². The summed E-state index contributed by atoms with van der Waals surface area (Å²) in [6.45, 7) is 2.30. The Kier molecular flexibility index (Phi) is 8.44. The van der Waals surface area contributed by atoms with Crippen LogP contribution in [0.4, 0.5) is 17.6 Å². The average molecular weight is 467 g/mol. The third-order valence-electron chi connectivity index (χ3n) is 9.53. The lowest BCUT2D eigenvalue weighted by Gasteiger charge is -2.42. The van der Waals surface area contributed by atoms with Crippen LogP contribution in [0.15, 0.2) is 18.2 Å². The highest BCUT2D eigenvalue weighted by Gasteiger charge is 2.43. The normalized spacial score (nSPS) is 33.7. The van der Waals surface area contributed by atoms with Crippen LogP contribution in [-0.4, -0.2) is 5.92 Å². The first kappa shape index (κ1) is 25.0. The number of halogens is 4. The summed E-state index contributed by atoms with van der Waals surface area (Å²) in [5, 5.41) is 0. The second-order valence-electron chi connectivity index (χ2n) is 11.5. The molecule has 0 radical (unpaired) electrons. The standard InChI is InChI=1S/C29H42F4/c1-2-3-20-4-7-22(8-5-20)23-9-11-24(12-10-23)25-13-15-26(16-14-25)29(32,33)19-21-6-17-27(30)28(31)18-21/h6,17-18,20,22-26H,2-5,7-16,19H2,1H3. The van der Waals surface area contributed by atoms with Crippen LogP contribution in [0.5, 0.6) is 0 Å². The van der Waals surface area contributed by atoms with Crippen LogP contribution in [0.25, 0.3) is 0 Å². The van der Waals surface area contributed by atoms with E-state index in [0.29, 0.717) is 18.8 Å². The van der Waals surface area contributed by atoms with Gasteiger partial charge in [-0.15, -0.1) is 0 Å². The molecule has 1 aromatic rings. The molecule has 0 spiro atoms. The van der Waals surface area contributed by atoms with E-state index in [4.69, 9.17) is 0 Å². The van der Waals surface area contributed by atoms with Crippen molar-refractivity contribution in [1.29, 1.82) is 0 Å². The first-order chi connectivity index (χ1) is 15.9. The third-order valence-corrected chi connectivity index (χ3v) is 9.53. The molecule has 0 atom stereocenters. The molecule has 33 heavy (non-hydrogen) atoms. The Labute approximate surface area is 197 Å². The minimum atomic E-state index is -2.86. The van der Waals surface area contributed by atoms with Gasteiger partial charge in [0.15, 0.2) is 11.6 Å². The second kappa shape index (κ2) is 11.1. The van der Waals surface area contributed by atoms with Gasteiger partial charge in [-0.05, 0) is 111 Å². The van der Waals surface area contributed by atoms with Gasteiger partial charge in [0, 0.05) is 12.3 Å². The SMILES string of the molecule is CCCC1CCC(C2CCC(C3CCC(C(F)(F)Cc4ccc(F)c(F)c4)CC3)CC2)CC1. The summed E-state index contributed by atoms with van der Waals surface area (Å²) in [6, 6.07) is 3.15. The van der Waals surface area contributed by atoms with Crippen molar-refractivity contribution in [2.75, 3.05) is 0 Å². The van der Waals surface area contributed by atoms with Gasteiger partial charge in [-0.3, -0.25) is 0 Å². The van der Waals surface area contributed by atoms with Gasteiger partial charge in [-0.25, -0.2) is 17.6 Å². The molecule has 0 amide bonds. The number of hydrogen-bond acceptors (Lipinski definition) is 0. The Morgan fingerprint density at radius 2 is 1.18 bits per heavy atom. The first-order valence-corrected chi connectivity index (χ1v) is 13.7. The summed E-state index contributed by atoms with van der Waals surface area (Å²) in [5.74, 6) is -1.40. The molecule has 4 heteroatoms. The molecule has 0 heterocycles. The van der Waals surface area contributed by atoms with Gasteiger partial charge in [0.05, 0.1) is 0 Å². The molecule has 0 unspecified atom stereocenters. The fourth-order valence-electron chi connectivity index (χ4n) is 7.52. The van der Waals surface area contributed by atoms with Crippen molar-refractivity contribution in [3.05, 3.63) is 35.4 Å². The largest absolute Gasteiger partial charge is 0.254 e. The van der Waals surface area contributed by atoms with E-state index in [2.05, 4.69) is 6.92 Å². The maximum atomic E-state index is 14.9. The molecule has 0 aliphatic heterocycles. The van der Waals surface area contributed by atoms with Crippen LogP contribution in [0.3, 0.4) is 0 Å². The van der Waals surface area contributed by atoms with Crippen LogP contribution in [0.1, 0.15) is 102 Å². The predicted octanol–water partition coefficient (Wildman–Crippen LogP) is 9.36. The van der Waals surface area contributed by atoms with Crippen molar-refractivity contribution in [2.24, 2.45) is 35.5 Å². The van der Waals surface area contributed by atoms with Gasteiger partial charge < -0.3 is 0 Å². The molecule has 3 aliphatic rings. The molecule has 186 valence electrons. The highest BCUT2D eigenvalue weighted by Crippen LogP contribution is 2.48. The van der Waals surface area contributed by atoms with Crippen molar-refractivity contribution in [1.82, 2.24) is 0 Å². The molecular formula is C29H42F4. The van der Waals surface area contributed by atoms with E-state index < -0.39 is 29.9 Å². The Morgan fingerprint density at radius 3 is 1.67 bits per heavy atom. The zero-order valence-electron chi connectivity index (χ0n) is 20.3. The lowest BCUT2D eigenvalue weighted by Crippen LogP contribution is -2.36. The number of rotatable bonds is 7. The maximum absolute atomic E-state index is 14.9. The lowest BCUT2D eigenvalue weighted by molar-refractivity contribution is -0.0779. The Morgan fingerprint density at radius 1 is 0.697 bits per heavy atom. The maximum Gasteiger partial charge on any atom is 0.254 e. The van der Waals surface area contributed by atoms with Crippen molar-refractivity contribution in [3.8, 4) is 0 Å². The van der Waals surface area contributed by atoms with E-state index in [1.807, 2.05) is 0 Å². The molecule has 3 fully saturated rings. The summed E-state index contributed by atoms with van der Waals surface area (Å²) in [5.41, 5.74) is 0.183. The van der Waals surface area contributed by atoms with E-state index in [9.17, 15) is 17.6 Å². The third kappa shape index (κ3) is 6.34. The molecular weight excluding hydrogens is 424 g/mol. The van der Waals surface area contributed by atoms with E-state index in [1.165, 1.54) is 70.3 Å². The molecule has 0 bridgehead atoms. The van der Waals surface area contributed by atoms with Gasteiger partial charge in [-0.2, -0.15) is 0 Å². The number of hydrogen-bond donors (Lipinski definition) is 0. The van der Waals surface area contributed by atoms with Crippen LogP contribution in [-0.2, 0) is 6.42 Å². The van der Waals surface area contributed by atoms with Gasteiger partial charge in [0.1, 0.15) is 0 Å². The summed E-state index contributed by atoms with van der Waals surface area (Å²) in [6.07, 6.45) is 16.1. The van der Waals surface area contributed by atoms with Gasteiger partial charge in [0.25, 0.3) is 5.92 Å². The van der Waals surface area contributed by atoms with Crippen molar-refractivity contribution in [2.45, 2.75) is 109 Å². The minimum Gasteiger partial charge on any atom is -0.206 e. The van der Waals surface area contributed by atoms with Gasteiger partial charge >= 0.3 is 0 Å². The van der Waals surface area contributed by atoms with Crippen molar-refractivity contribution >= 4 is 0 Å². The molecule has 1 aromatic carbocycles. The molecule has 3 saturated carbocycles. The fraction of sp³-hybridized carbons (Fsp3) is 0.793. The molecule has 0 aromatic heterocycles. The highest BCUT2D eigenvalue weighted by molar-refractivity contribution is 5.19. The molecule has 0 saturated heterocycles. The summed E-state index contributed by atoms with van der Waals surface area (Å²) in [4.78, 5) is 0. The van der Waals surface area contributed by atoms with Gasteiger partial charge in [0.2, 0.25) is 0 Å². The zero-order valence-corrected chi connectivity index (χ0v) is 20.3.